The van der Waals surface area contributed by atoms with Crippen LogP contribution in [0.15, 0.2) is 24.3 Å². The van der Waals surface area contributed by atoms with Crippen LogP contribution in [0.5, 0.6) is 5.75 Å². The second kappa shape index (κ2) is 7.50. The maximum atomic E-state index is 12.8. The minimum Gasteiger partial charge on any atom is -0.490 e. The van der Waals surface area contributed by atoms with Gasteiger partial charge >= 0.3 is 0 Å². The molecule has 162 valence electrons. The average Bonchev–Trinajstić information content (AvgIpc) is 3.37. The molecular weight excluding hydrogens is 394 g/mol. The van der Waals surface area contributed by atoms with Crippen LogP contribution in [0.25, 0.3) is 0 Å². The lowest BCUT2D eigenvalue weighted by Gasteiger charge is -2.34. The molecule has 5 heterocycles. The minimum atomic E-state index is -0.0414. The zero-order valence-corrected chi connectivity index (χ0v) is 17.8. The largest absolute Gasteiger partial charge is 0.490 e. The lowest BCUT2D eigenvalue weighted by atomic mass is 10.0. The molecule has 0 spiro atoms. The van der Waals surface area contributed by atoms with Crippen molar-refractivity contribution in [3.63, 3.8) is 0 Å². The Bertz CT molecular complexity index is 1030. The topological polar surface area (TPSA) is 64.1 Å². The number of ether oxygens (including phenoxy) is 3. The Morgan fingerprint density at radius 1 is 1.06 bits per heavy atom. The van der Waals surface area contributed by atoms with E-state index < -0.39 is 0 Å². The molecule has 1 atom stereocenters. The Kier molecular flexibility index (Phi) is 4.61. The van der Waals surface area contributed by atoms with Crippen LogP contribution in [0.1, 0.15) is 51.6 Å². The molecule has 0 N–H and O–H groups in total. The van der Waals surface area contributed by atoms with Crippen LogP contribution >= 0.6 is 0 Å². The van der Waals surface area contributed by atoms with Gasteiger partial charge in [0, 0.05) is 32.5 Å². The fourth-order valence-electron chi connectivity index (χ4n) is 5.19. The summed E-state index contributed by atoms with van der Waals surface area (Å²) < 4.78 is 17.4. The second-order valence-electron chi connectivity index (χ2n) is 8.88. The number of benzene rings is 1. The fourth-order valence-corrected chi connectivity index (χ4v) is 5.19. The van der Waals surface area contributed by atoms with Crippen molar-refractivity contribution >= 4 is 11.7 Å². The molecular formula is C24H27N3O4. The quantitative estimate of drug-likeness (QED) is 0.759. The summed E-state index contributed by atoms with van der Waals surface area (Å²) in [5, 5.41) is 0. The Labute approximate surface area is 181 Å². The predicted octanol–water partition coefficient (Wildman–Crippen LogP) is 3.00. The lowest BCUT2D eigenvalue weighted by molar-refractivity contribution is 0.00356. The van der Waals surface area contributed by atoms with Gasteiger partial charge in [0.25, 0.3) is 5.91 Å². The Hall–Kier alpha value is -2.64. The first-order chi connectivity index (χ1) is 15.2. The molecule has 0 saturated carbocycles. The first-order valence-electron chi connectivity index (χ1n) is 11.2. The third-order valence-electron chi connectivity index (χ3n) is 6.89. The monoisotopic (exact) mass is 421 g/mol. The van der Waals surface area contributed by atoms with E-state index in [1.54, 1.807) is 0 Å². The molecule has 7 nitrogen and oxygen atoms in total. The van der Waals surface area contributed by atoms with Gasteiger partial charge in [-0.2, -0.15) is 0 Å². The van der Waals surface area contributed by atoms with Crippen molar-refractivity contribution in [3.8, 4) is 5.75 Å². The summed E-state index contributed by atoms with van der Waals surface area (Å²) in [6.07, 6.45) is 2.10. The van der Waals surface area contributed by atoms with Crippen molar-refractivity contribution < 1.29 is 19.0 Å². The molecule has 6 rings (SSSR count). The number of hydrogen-bond donors (Lipinski definition) is 0. The normalized spacial score (nSPS) is 23.0. The number of fused-ring (bicyclic) bond motifs is 4. The molecule has 7 heteroatoms. The van der Waals surface area contributed by atoms with E-state index >= 15 is 0 Å². The number of rotatable bonds is 3. The second-order valence-corrected chi connectivity index (χ2v) is 8.88. The number of morpholine rings is 1. The van der Waals surface area contributed by atoms with Gasteiger partial charge in [0.2, 0.25) is 0 Å². The van der Waals surface area contributed by atoms with Crippen molar-refractivity contribution in [2.75, 3.05) is 37.7 Å². The van der Waals surface area contributed by atoms with E-state index in [0.29, 0.717) is 33.0 Å². The SMILES string of the molecule is Cc1cc2c(nc1N1CCC(Oc3ccc4c(c3)COC4)CC1)C1COCCN1C2=O. The molecule has 1 aromatic carbocycles. The predicted molar refractivity (Wildman–Crippen MR) is 114 cm³/mol. The number of hydrogen-bond acceptors (Lipinski definition) is 6. The van der Waals surface area contributed by atoms with E-state index in [1.807, 2.05) is 11.0 Å². The van der Waals surface area contributed by atoms with Crippen molar-refractivity contribution in [2.45, 2.75) is 45.1 Å². The van der Waals surface area contributed by atoms with Gasteiger partial charge in [-0.05, 0) is 41.8 Å². The highest BCUT2D eigenvalue weighted by Gasteiger charge is 2.41. The highest BCUT2D eigenvalue weighted by Crippen LogP contribution is 2.37. The highest BCUT2D eigenvalue weighted by molar-refractivity contribution is 5.99. The lowest BCUT2D eigenvalue weighted by Crippen LogP contribution is -2.39. The van der Waals surface area contributed by atoms with Gasteiger partial charge < -0.3 is 24.0 Å². The number of amides is 1. The molecule has 1 aromatic heterocycles. The van der Waals surface area contributed by atoms with Gasteiger partial charge in [0.1, 0.15) is 17.7 Å². The minimum absolute atomic E-state index is 0.0414. The van der Waals surface area contributed by atoms with Gasteiger partial charge in [0.15, 0.2) is 0 Å². The standard InChI is InChI=1S/C24H27N3O4/c1-15-10-20-22(21-14-29-9-8-27(21)24(20)28)25-23(15)26-6-4-18(5-7-26)31-19-3-2-16-12-30-13-17(16)11-19/h2-3,10-11,18,21H,4-9,12-14H2,1H3. The number of anilines is 1. The summed E-state index contributed by atoms with van der Waals surface area (Å²) in [6, 6.07) is 8.27. The third-order valence-corrected chi connectivity index (χ3v) is 6.89. The molecule has 4 aliphatic heterocycles. The van der Waals surface area contributed by atoms with Gasteiger partial charge in [-0.25, -0.2) is 4.98 Å². The number of aryl methyl sites for hydroxylation is 1. The summed E-state index contributed by atoms with van der Waals surface area (Å²) in [5.74, 6) is 2.02. The van der Waals surface area contributed by atoms with Crippen LogP contribution in [-0.2, 0) is 22.7 Å². The van der Waals surface area contributed by atoms with E-state index in [9.17, 15) is 4.79 Å². The number of piperidine rings is 1. The van der Waals surface area contributed by atoms with E-state index in [2.05, 4.69) is 30.0 Å². The van der Waals surface area contributed by atoms with Crippen LogP contribution in [0.2, 0.25) is 0 Å². The number of pyridine rings is 1. The van der Waals surface area contributed by atoms with Gasteiger partial charge in [-0.3, -0.25) is 4.79 Å². The zero-order valence-electron chi connectivity index (χ0n) is 17.8. The van der Waals surface area contributed by atoms with Crippen molar-refractivity contribution in [1.29, 1.82) is 0 Å². The van der Waals surface area contributed by atoms with Gasteiger partial charge in [-0.1, -0.05) is 6.07 Å². The van der Waals surface area contributed by atoms with Crippen molar-refractivity contribution in [3.05, 3.63) is 52.2 Å². The summed E-state index contributed by atoms with van der Waals surface area (Å²) >= 11 is 0. The Balaban J connectivity index is 1.16. The van der Waals surface area contributed by atoms with Gasteiger partial charge in [-0.15, -0.1) is 0 Å². The number of nitrogens with zero attached hydrogens (tertiary/aromatic N) is 3. The molecule has 4 aliphatic rings. The Morgan fingerprint density at radius 2 is 1.90 bits per heavy atom. The summed E-state index contributed by atoms with van der Waals surface area (Å²) in [6.45, 7) is 7.01. The van der Waals surface area contributed by atoms with Crippen LogP contribution in [0.4, 0.5) is 5.82 Å². The Morgan fingerprint density at radius 3 is 2.77 bits per heavy atom. The first kappa shape index (κ1) is 19.1. The molecule has 1 amide bonds. The molecule has 2 aromatic rings. The molecule has 1 unspecified atom stereocenters. The smallest absolute Gasteiger partial charge is 0.256 e. The number of carbonyl (C=O) groups excluding carboxylic acids is 1. The number of aromatic nitrogens is 1. The average molecular weight is 421 g/mol. The summed E-state index contributed by atoms with van der Waals surface area (Å²) in [7, 11) is 0. The molecule has 0 aliphatic carbocycles. The molecule has 0 radical (unpaired) electrons. The molecule has 2 fully saturated rings. The van der Waals surface area contributed by atoms with Crippen LogP contribution in [0, 0.1) is 6.92 Å². The highest BCUT2D eigenvalue weighted by atomic mass is 16.5. The van der Waals surface area contributed by atoms with E-state index in [1.165, 1.54) is 11.1 Å². The first-order valence-corrected chi connectivity index (χ1v) is 11.2. The van der Waals surface area contributed by atoms with Crippen LogP contribution in [0.3, 0.4) is 0 Å². The summed E-state index contributed by atoms with van der Waals surface area (Å²) in [4.78, 5) is 22.0. The van der Waals surface area contributed by atoms with E-state index in [0.717, 1.165) is 54.3 Å². The van der Waals surface area contributed by atoms with Gasteiger partial charge in [0.05, 0.1) is 43.7 Å². The van der Waals surface area contributed by atoms with Crippen LogP contribution < -0.4 is 9.64 Å². The molecule has 2 saturated heterocycles. The van der Waals surface area contributed by atoms with E-state index in [4.69, 9.17) is 19.2 Å². The maximum Gasteiger partial charge on any atom is 0.256 e. The zero-order chi connectivity index (χ0) is 20.9. The van der Waals surface area contributed by atoms with E-state index in [-0.39, 0.29) is 18.1 Å². The van der Waals surface area contributed by atoms with Crippen LogP contribution in [-0.4, -0.2) is 54.7 Å². The maximum absolute atomic E-state index is 12.8. The number of carbonyl (C=O) groups is 1. The fraction of sp³-hybridized carbons (Fsp3) is 0.500. The third kappa shape index (κ3) is 3.27. The molecule has 31 heavy (non-hydrogen) atoms. The summed E-state index contributed by atoms with van der Waals surface area (Å²) in [5.41, 5.74) is 5.19. The van der Waals surface area contributed by atoms with Crippen molar-refractivity contribution in [2.24, 2.45) is 0 Å². The molecule has 0 bridgehead atoms. The van der Waals surface area contributed by atoms with Crippen molar-refractivity contribution in [1.82, 2.24) is 9.88 Å².